The summed E-state index contributed by atoms with van der Waals surface area (Å²) in [6, 6.07) is 31.6. The number of rotatable bonds is 5. The monoisotopic (exact) mass is 348 g/mol. The molecule has 4 rings (SSSR count). The van der Waals surface area contributed by atoms with Crippen LogP contribution in [0, 0.1) is 12.3 Å². The summed E-state index contributed by atoms with van der Waals surface area (Å²) in [6.07, 6.45) is 9.98. The standard InChI is InChI=1S/C25H20N2/c1-2-12-24-19-27(20-26-24)25(21-13-6-3-7-14-21,22-15-8-4-9-16-22)23-17-10-5-11-18-23/h1,3-11,13-20H,12H2. The molecule has 0 N–H and O–H groups in total. The van der Waals surface area contributed by atoms with Crippen molar-refractivity contribution >= 4 is 0 Å². The first-order chi connectivity index (χ1) is 13.4. The van der Waals surface area contributed by atoms with E-state index in [1.807, 2.05) is 24.5 Å². The highest BCUT2D eigenvalue weighted by Crippen LogP contribution is 2.40. The fraction of sp³-hybridized carbons (Fsp3) is 0.0800. The minimum atomic E-state index is -0.524. The Morgan fingerprint density at radius 1 is 0.741 bits per heavy atom. The van der Waals surface area contributed by atoms with Crippen molar-refractivity contribution in [3.8, 4) is 12.3 Å². The highest BCUT2D eigenvalue weighted by molar-refractivity contribution is 5.50. The van der Waals surface area contributed by atoms with Gasteiger partial charge < -0.3 is 4.57 Å². The molecule has 0 unspecified atom stereocenters. The summed E-state index contributed by atoms with van der Waals surface area (Å²) in [5.41, 5.74) is 3.89. The van der Waals surface area contributed by atoms with E-state index in [9.17, 15) is 0 Å². The van der Waals surface area contributed by atoms with Crippen molar-refractivity contribution in [3.05, 3.63) is 126 Å². The zero-order valence-electron chi connectivity index (χ0n) is 15.0. The molecule has 0 fully saturated rings. The van der Waals surface area contributed by atoms with Crippen LogP contribution >= 0.6 is 0 Å². The van der Waals surface area contributed by atoms with Gasteiger partial charge in [0.05, 0.1) is 18.4 Å². The third-order valence-electron chi connectivity index (χ3n) is 4.88. The summed E-state index contributed by atoms with van der Waals surface area (Å²) in [6.45, 7) is 0. The van der Waals surface area contributed by atoms with Gasteiger partial charge in [-0.25, -0.2) is 4.98 Å². The van der Waals surface area contributed by atoms with Crippen molar-refractivity contribution in [2.75, 3.05) is 0 Å². The molecule has 27 heavy (non-hydrogen) atoms. The van der Waals surface area contributed by atoms with E-state index in [2.05, 4.69) is 94.5 Å². The first-order valence-electron chi connectivity index (χ1n) is 8.99. The van der Waals surface area contributed by atoms with E-state index in [1.165, 1.54) is 16.7 Å². The van der Waals surface area contributed by atoms with Crippen LogP contribution in [0.1, 0.15) is 22.4 Å². The molecule has 3 aromatic carbocycles. The van der Waals surface area contributed by atoms with Crippen LogP contribution in [0.15, 0.2) is 104 Å². The average molecular weight is 348 g/mol. The number of benzene rings is 3. The smallest absolute Gasteiger partial charge is 0.121 e. The molecule has 1 aromatic heterocycles. The fourth-order valence-corrected chi connectivity index (χ4v) is 3.73. The predicted molar refractivity (Wildman–Crippen MR) is 109 cm³/mol. The molecular formula is C25H20N2. The molecule has 0 spiro atoms. The van der Waals surface area contributed by atoms with Crippen LogP contribution in [0.4, 0.5) is 0 Å². The molecule has 0 saturated heterocycles. The number of nitrogens with zero attached hydrogens (tertiary/aromatic N) is 2. The second kappa shape index (κ2) is 7.35. The Balaban J connectivity index is 2.08. The van der Waals surface area contributed by atoms with Crippen molar-refractivity contribution in [1.82, 2.24) is 9.55 Å². The zero-order valence-corrected chi connectivity index (χ0v) is 15.0. The van der Waals surface area contributed by atoms with E-state index in [-0.39, 0.29) is 0 Å². The summed E-state index contributed by atoms with van der Waals surface area (Å²) >= 11 is 0. The number of imidazole rings is 1. The molecule has 0 aliphatic rings. The summed E-state index contributed by atoms with van der Waals surface area (Å²) in [7, 11) is 0. The first-order valence-corrected chi connectivity index (χ1v) is 8.99. The van der Waals surface area contributed by atoms with Gasteiger partial charge in [-0.05, 0) is 16.7 Å². The molecule has 130 valence electrons. The van der Waals surface area contributed by atoms with E-state index in [0.29, 0.717) is 6.42 Å². The Labute approximate surface area is 160 Å². The van der Waals surface area contributed by atoms with Crippen molar-refractivity contribution in [1.29, 1.82) is 0 Å². The summed E-state index contributed by atoms with van der Waals surface area (Å²) < 4.78 is 2.18. The minimum absolute atomic E-state index is 0.515. The maximum atomic E-state index is 5.51. The summed E-state index contributed by atoms with van der Waals surface area (Å²) in [5.74, 6) is 2.69. The molecule has 2 nitrogen and oxygen atoms in total. The topological polar surface area (TPSA) is 17.8 Å². The minimum Gasteiger partial charge on any atom is -0.319 e. The van der Waals surface area contributed by atoms with Gasteiger partial charge in [-0.2, -0.15) is 0 Å². The quantitative estimate of drug-likeness (QED) is 0.370. The van der Waals surface area contributed by atoms with Gasteiger partial charge >= 0.3 is 0 Å². The number of aromatic nitrogens is 2. The Morgan fingerprint density at radius 3 is 1.59 bits per heavy atom. The Morgan fingerprint density at radius 2 is 1.19 bits per heavy atom. The molecule has 1 heterocycles. The molecule has 0 atom stereocenters. The molecule has 0 aliphatic carbocycles. The van der Waals surface area contributed by atoms with Crippen molar-refractivity contribution in [2.45, 2.75) is 12.0 Å². The maximum Gasteiger partial charge on any atom is 0.121 e. The van der Waals surface area contributed by atoms with Gasteiger partial charge in [0.1, 0.15) is 5.54 Å². The van der Waals surface area contributed by atoms with Crippen LogP contribution in [0.3, 0.4) is 0 Å². The highest BCUT2D eigenvalue weighted by Gasteiger charge is 2.38. The number of terminal acetylenes is 1. The van der Waals surface area contributed by atoms with E-state index in [0.717, 1.165) is 5.69 Å². The van der Waals surface area contributed by atoms with E-state index in [1.54, 1.807) is 0 Å². The van der Waals surface area contributed by atoms with E-state index < -0.39 is 5.54 Å². The molecule has 4 aromatic rings. The lowest BCUT2D eigenvalue weighted by atomic mass is 9.77. The normalized spacial score (nSPS) is 11.1. The summed E-state index contributed by atoms with van der Waals surface area (Å²) in [4.78, 5) is 4.57. The van der Waals surface area contributed by atoms with Gasteiger partial charge in [0.25, 0.3) is 0 Å². The van der Waals surface area contributed by atoms with Crippen LogP contribution in [0.5, 0.6) is 0 Å². The fourth-order valence-electron chi connectivity index (χ4n) is 3.73. The third-order valence-corrected chi connectivity index (χ3v) is 4.88. The predicted octanol–water partition coefficient (Wildman–Crippen LogP) is 4.90. The van der Waals surface area contributed by atoms with Crippen molar-refractivity contribution < 1.29 is 0 Å². The zero-order chi connectivity index (χ0) is 18.5. The number of hydrogen-bond donors (Lipinski definition) is 0. The largest absolute Gasteiger partial charge is 0.319 e. The van der Waals surface area contributed by atoms with Crippen LogP contribution in [-0.2, 0) is 12.0 Å². The van der Waals surface area contributed by atoms with Gasteiger partial charge in [0, 0.05) is 6.20 Å². The lowest BCUT2D eigenvalue weighted by Gasteiger charge is -2.37. The van der Waals surface area contributed by atoms with Gasteiger partial charge in [-0.3, -0.25) is 0 Å². The first kappa shape index (κ1) is 16.9. The molecule has 0 aliphatic heterocycles. The summed E-state index contributed by atoms with van der Waals surface area (Å²) in [5, 5.41) is 0. The van der Waals surface area contributed by atoms with E-state index in [4.69, 9.17) is 6.42 Å². The van der Waals surface area contributed by atoms with Crippen LogP contribution in [0.2, 0.25) is 0 Å². The second-order valence-electron chi connectivity index (χ2n) is 6.46. The Hall–Kier alpha value is -3.57. The molecule has 2 heteroatoms. The van der Waals surface area contributed by atoms with Gasteiger partial charge in [-0.1, -0.05) is 91.0 Å². The third kappa shape index (κ3) is 2.94. The Bertz CT molecular complexity index is 945. The van der Waals surface area contributed by atoms with E-state index >= 15 is 0 Å². The van der Waals surface area contributed by atoms with Crippen molar-refractivity contribution in [3.63, 3.8) is 0 Å². The molecule has 0 radical (unpaired) electrons. The SMILES string of the molecule is C#CCc1cn(C(c2ccccc2)(c2ccccc2)c2ccccc2)cn1. The highest BCUT2D eigenvalue weighted by atomic mass is 15.1. The molecular weight excluding hydrogens is 328 g/mol. The lowest BCUT2D eigenvalue weighted by molar-refractivity contribution is 0.514. The second-order valence-corrected chi connectivity index (χ2v) is 6.46. The number of hydrogen-bond acceptors (Lipinski definition) is 1. The maximum absolute atomic E-state index is 5.51. The van der Waals surface area contributed by atoms with Gasteiger partial charge in [0.2, 0.25) is 0 Å². The van der Waals surface area contributed by atoms with Crippen LogP contribution < -0.4 is 0 Å². The molecule has 0 saturated carbocycles. The molecule has 0 amide bonds. The Kier molecular flexibility index (Phi) is 4.60. The van der Waals surface area contributed by atoms with Crippen LogP contribution in [0.25, 0.3) is 0 Å². The lowest BCUT2D eigenvalue weighted by Crippen LogP contribution is -2.36. The van der Waals surface area contributed by atoms with Gasteiger partial charge in [0.15, 0.2) is 0 Å². The van der Waals surface area contributed by atoms with Crippen molar-refractivity contribution in [2.24, 2.45) is 0 Å². The molecule has 0 bridgehead atoms. The average Bonchev–Trinajstić information content (AvgIpc) is 3.20. The van der Waals surface area contributed by atoms with Crippen LogP contribution in [-0.4, -0.2) is 9.55 Å². The van der Waals surface area contributed by atoms with Gasteiger partial charge in [-0.15, -0.1) is 12.3 Å².